The molecule has 1 unspecified atom stereocenters. The number of hydrogen-bond donors (Lipinski definition) is 1. The van der Waals surface area contributed by atoms with Crippen LogP contribution >= 0.6 is 24.8 Å². The van der Waals surface area contributed by atoms with Gasteiger partial charge in [-0.1, -0.05) is 6.07 Å². The fourth-order valence-electron chi connectivity index (χ4n) is 3.54. The smallest absolute Gasteiger partial charge is 0.368 e. The summed E-state index contributed by atoms with van der Waals surface area (Å²) in [6, 6.07) is 5.40. The van der Waals surface area contributed by atoms with Crippen LogP contribution in [0.1, 0.15) is 24.8 Å². The average molecular weight is 428 g/mol. The van der Waals surface area contributed by atoms with E-state index in [0.717, 1.165) is 32.0 Å². The third kappa shape index (κ3) is 6.43. The van der Waals surface area contributed by atoms with Crippen molar-refractivity contribution in [3.05, 3.63) is 29.8 Å². The number of nitrogens with zero attached hydrogens (tertiary/aromatic N) is 2. The molecule has 1 aromatic carbocycles. The van der Waals surface area contributed by atoms with Crippen molar-refractivity contribution in [1.82, 2.24) is 10.2 Å². The number of rotatable bonds is 4. The molecule has 0 aromatic heterocycles. The number of hydrogen-bond acceptors (Lipinski definition) is 3. The molecule has 2 aliphatic rings. The lowest BCUT2D eigenvalue weighted by molar-refractivity contribution is -0.137. The van der Waals surface area contributed by atoms with Gasteiger partial charge in [0.25, 0.3) is 0 Å². The molecule has 0 bridgehead atoms. The largest absolute Gasteiger partial charge is 0.416 e. The highest BCUT2D eigenvalue weighted by Crippen LogP contribution is 2.31. The van der Waals surface area contributed by atoms with Crippen molar-refractivity contribution in [2.24, 2.45) is 5.92 Å². The molecule has 2 aliphatic heterocycles. The van der Waals surface area contributed by atoms with Gasteiger partial charge in [-0.25, -0.2) is 0 Å². The summed E-state index contributed by atoms with van der Waals surface area (Å²) < 4.78 is 38.5. The topological polar surface area (TPSA) is 35.6 Å². The van der Waals surface area contributed by atoms with Crippen LogP contribution in [0.2, 0.25) is 0 Å². The van der Waals surface area contributed by atoms with Crippen molar-refractivity contribution >= 4 is 36.4 Å². The normalized spacial score (nSPS) is 20.0. The maximum absolute atomic E-state index is 12.8. The number of carbonyl (C=O) groups excluding carboxylic acids is 1. The summed E-state index contributed by atoms with van der Waals surface area (Å²) in [5, 5.41) is 3.30. The highest BCUT2D eigenvalue weighted by Gasteiger charge is 2.31. The first-order chi connectivity index (χ1) is 11.9. The highest BCUT2D eigenvalue weighted by molar-refractivity contribution is 5.85. The van der Waals surface area contributed by atoms with Crippen LogP contribution in [0.5, 0.6) is 0 Å². The van der Waals surface area contributed by atoms with Gasteiger partial charge in [0.1, 0.15) is 0 Å². The summed E-state index contributed by atoms with van der Waals surface area (Å²) in [5.41, 5.74) is -0.0624. The van der Waals surface area contributed by atoms with Crippen LogP contribution in [-0.2, 0) is 11.0 Å². The van der Waals surface area contributed by atoms with Gasteiger partial charge >= 0.3 is 6.18 Å². The zero-order chi connectivity index (χ0) is 17.9. The maximum atomic E-state index is 12.8. The van der Waals surface area contributed by atoms with E-state index in [1.54, 1.807) is 6.07 Å². The summed E-state index contributed by atoms with van der Waals surface area (Å²) in [6.07, 6.45) is -1.71. The van der Waals surface area contributed by atoms with E-state index in [4.69, 9.17) is 0 Å². The predicted octanol–water partition coefficient (Wildman–Crippen LogP) is 3.59. The first-order valence-electron chi connectivity index (χ1n) is 8.84. The Hall–Kier alpha value is -1.18. The molecule has 1 amide bonds. The monoisotopic (exact) mass is 427 g/mol. The predicted molar refractivity (Wildman–Crippen MR) is 105 cm³/mol. The van der Waals surface area contributed by atoms with Crippen LogP contribution in [-0.4, -0.2) is 50.1 Å². The van der Waals surface area contributed by atoms with Crippen molar-refractivity contribution in [3.8, 4) is 0 Å². The Bertz CT molecular complexity index is 602. The Morgan fingerprint density at radius 2 is 1.85 bits per heavy atom. The number of piperazine rings is 1. The summed E-state index contributed by atoms with van der Waals surface area (Å²) in [7, 11) is 0. The molecule has 1 atom stereocenters. The van der Waals surface area contributed by atoms with Crippen molar-refractivity contribution in [2.75, 3.05) is 44.2 Å². The Kier molecular flexibility index (Phi) is 9.18. The fraction of sp³-hybridized carbons (Fsp3) is 0.611. The number of carbonyl (C=O) groups is 1. The third-order valence-corrected chi connectivity index (χ3v) is 5.10. The highest BCUT2D eigenvalue weighted by atomic mass is 35.5. The van der Waals surface area contributed by atoms with Crippen LogP contribution < -0.4 is 10.2 Å². The molecular weight excluding hydrogens is 402 g/mol. The number of benzene rings is 1. The third-order valence-electron chi connectivity index (χ3n) is 5.10. The van der Waals surface area contributed by atoms with Gasteiger partial charge < -0.3 is 15.1 Å². The Labute approximate surface area is 170 Å². The second-order valence-electron chi connectivity index (χ2n) is 6.81. The zero-order valence-electron chi connectivity index (χ0n) is 15.0. The minimum absolute atomic E-state index is 0. The molecule has 3 rings (SSSR count). The molecule has 9 heteroatoms. The lowest BCUT2D eigenvalue weighted by atomic mass is 10.0. The Morgan fingerprint density at radius 3 is 2.44 bits per heavy atom. The fourth-order valence-corrected chi connectivity index (χ4v) is 3.54. The number of alkyl halides is 3. The van der Waals surface area contributed by atoms with E-state index in [1.807, 2.05) is 9.80 Å². The van der Waals surface area contributed by atoms with Crippen LogP contribution in [0, 0.1) is 5.92 Å². The molecule has 2 saturated heterocycles. The van der Waals surface area contributed by atoms with E-state index >= 15 is 0 Å². The van der Waals surface area contributed by atoms with Crippen LogP contribution in [0.25, 0.3) is 0 Å². The van der Waals surface area contributed by atoms with Gasteiger partial charge in [-0.15, -0.1) is 24.8 Å². The number of amides is 1. The molecule has 0 aliphatic carbocycles. The molecule has 0 spiro atoms. The van der Waals surface area contributed by atoms with E-state index in [1.165, 1.54) is 12.1 Å². The van der Waals surface area contributed by atoms with Crippen molar-refractivity contribution in [2.45, 2.75) is 25.4 Å². The van der Waals surface area contributed by atoms with Gasteiger partial charge in [0.05, 0.1) is 5.56 Å². The summed E-state index contributed by atoms with van der Waals surface area (Å²) >= 11 is 0. The SMILES string of the molecule is Cl.Cl.O=C(CCC1CCNC1)N1CCN(c2cccc(C(F)(F)F)c2)CC1. The molecule has 154 valence electrons. The minimum atomic E-state index is -4.33. The molecule has 2 fully saturated rings. The number of halogens is 5. The summed E-state index contributed by atoms with van der Waals surface area (Å²) in [5.74, 6) is 0.755. The lowest BCUT2D eigenvalue weighted by Crippen LogP contribution is -2.48. The van der Waals surface area contributed by atoms with E-state index in [0.29, 0.717) is 44.2 Å². The lowest BCUT2D eigenvalue weighted by Gasteiger charge is -2.36. The van der Waals surface area contributed by atoms with Crippen LogP contribution in [0.15, 0.2) is 24.3 Å². The molecule has 27 heavy (non-hydrogen) atoms. The minimum Gasteiger partial charge on any atom is -0.368 e. The van der Waals surface area contributed by atoms with Gasteiger partial charge in [-0.05, 0) is 50.0 Å². The summed E-state index contributed by atoms with van der Waals surface area (Å²) in [6.45, 7) is 4.30. The number of nitrogens with one attached hydrogen (secondary N) is 1. The summed E-state index contributed by atoms with van der Waals surface area (Å²) in [4.78, 5) is 16.1. The molecule has 0 saturated carbocycles. The first kappa shape index (κ1) is 23.9. The van der Waals surface area contributed by atoms with Gasteiger partial charge in [-0.2, -0.15) is 13.2 Å². The van der Waals surface area contributed by atoms with E-state index < -0.39 is 11.7 Å². The molecule has 2 heterocycles. The standard InChI is InChI=1S/C18H24F3N3O.2ClH/c19-18(20,21)15-2-1-3-16(12-15)23-8-10-24(11-9-23)17(25)5-4-14-6-7-22-13-14;;/h1-3,12,14,22H,4-11,13H2;2*1H. The van der Waals surface area contributed by atoms with Crippen LogP contribution in [0.4, 0.5) is 18.9 Å². The molecule has 1 N–H and O–H groups in total. The van der Waals surface area contributed by atoms with Crippen molar-refractivity contribution in [1.29, 1.82) is 0 Å². The van der Waals surface area contributed by atoms with E-state index in [2.05, 4.69) is 5.32 Å². The van der Waals surface area contributed by atoms with Gasteiger partial charge in [-0.3, -0.25) is 4.79 Å². The number of anilines is 1. The molecule has 1 aromatic rings. The second kappa shape index (κ2) is 10.4. The first-order valence-corrected chi connectivity index (χ1v) is 8.84. The molecule has 0 radical (unpaired) electrons. The maximum Gasteiger partial charge on any atom is 0.416 e. The Morgan fingerprint density at radius 1 is 1.15 bits per heavy atom. The van der Waals surface area contributed by atoms with Gasteiger partial charge in [0, 0.05) is 38.3 Å². The Balaban J connectivity index is 0.00000182. The van der Waals surface area contributed by atoms with Gasteiger partial charge in [0.15, 0.2) is 0 Å². The molecule has 4 nitrogen and oxygen atoms in total. The van der Waals surface area contributed by atoms with E-state index in [-0.39, 0.29) is 30.7 Å². The van der Waals surface area contributed by atoms with E-state index in [9.17, 15) is 18.0 Å². The zero-order valence-corrected chi connectivity index (χ0v) is 16.6. The van der Waals surface area contributed by atoms with Crippen molar-refractivity contribution in [3.63, 3.8) is 0 Å². The second-order valence-corrected chi connectivity index (χ2v) is 6.81. The van der Waals surface area contributed by atoms with Crippen molar-refractivity contribution < 1.29 is 18.0 Å². The average Bonchev–Trinajstić information content (AvgIpc) is 3.13. The molecular formula is C18H26Cl2F3N3O. The quantitative estimate of drug-likeness (QED) is 0.797. The van der Waals surface area contributed by atoms with Crippen LogP contribution in [0.3, 0.4) is 0 Å². The van der Waals surface area contributed by atoms with Gasteiger partial charge in [0.2, 0.25) is 5.91 Å².